The molecule has 1 heterocycles. The number of rotatable bonds is 5. The highest BCUT2D eigenvalue weighted by Gasteiger charge is 2.01. The van der Waals surface area contributed by atoms with Crippen LogP contribution in [0.25, 0.3) is 0 Å². The van der Waals surface area contributed by atoms with Crippen LogP contribution in [-0.4, -0.2) is 4.98 Å². The molecule has 0 aliphatic rings. The molecule has 0 atom stereocenters. The molecular formula is C13H14FN3O. The van der Waals surface area contributed by atoms with Crippen molar-refractivity contribution in [1.82, 2.24) is 4.98 Å². The Kier molecular flexibility index (Phi) is 4.22. The van der Waals surface area contributed by atoms with Crippen molar-refractivity contribution in [2.45, 2.75) is 13.2 Å². The standard InChI is InChI=1S/C13H14FN3O/c14-13-4-2-1-3-10(13)8-18-9-12-7-11(17-15)5-6-16-12/h1-7H,8-9,15H2,(H,16,17). The van der Waals surface area contributed by atoms with Gasteiger partial charge in [0.2, 0.25) is 0 Å². The van der Waals surface area contributed by atoms with Crippen LogP contribution in [0.15, 0.2) is 42.6 Å². The van der Waals surface area contributed by atoms with Gasteiger partial charge in [-0.3, -0.25) is 10.8 Å². The van der Waals surface area contributed by atoms with Crippen molar-refractivity contribution in [3.05, 3.63) is 59.7 Å². The molecule has 2 aromatic rings. The fourth-order valence-corrected chi connectivity index (χ4v) is 1.53. The Hall–Kier alpha value is -1.98. The van der Waals surface area contributed by atoms with Crippen molar-refractivity contribution >= 4 is 5.69 Å². The van der Waals surface area contributed by atoms with Crippen molar-refractivity contribution in [3.8, 4) is 0 Å². The van der Waals surface area contributed by atoms with Crippen LogP contribution in [-0.2, 0) is 18.0 Å². The zero-order chi connectivity index (χ0) is 12.8. The van der Waals surface area contributed by atoms with E-state index in [1.54, 1.807) is 36.5 Å². The first kappa shape index (κ1) is 12.5. The summed E-state index contributed by atoms with van der Waals surface area (Å²) in [4.78, 5) is 4.13. The molecule has 18 heavy (non-hydrogen) atoms. The lowest BCUT2D eigenvalue weighted by molar-refractivity contribution is 0.102. The third-order valence-corrected chi connectivity index (χ3v) is 2.45. The minimum atomic E-state index is -0.261. The van der Waals surface area contributed by atoms with Crippen molar-refractivity contribution < 1.29 is 9.13 Å². The van der Waals surface area contributed by atoms with Gasteiger partial charge in [0.25, 0.3) is 0 Å². The van der Waals surface area contributed by atoms with Gasteiger partial charge in [-0.1, -0.05) is 18.2 Å². The average Bonchev–Trinajstić information content (AvgIpc) is 2.41. The van der Waals surface area contributed by atoms with Gasteiger partial charge in [0.1, 0.15) is 5.82 Å². The Morgan fingerprint density at radius 1 is 1.22 bits per heavy atom. The van der Waals surface area contributed by atoms with Crippen molar-refractivity contribution in [1.29, 1.82) is 0 Å². The predicted octanol–water partition coefficient (Wildman–Crippen LogP) is 2.22. The van der Waals surface area contributed by atoms with E-state index in [1.165, 1.54) is 6.07 Å². The highest BCUT2D eigenvalue weighted by molar-refractivity contribution is 5.41. The quantitative estimate of drug-likeness (QED) is 0.628. The van der Waals surface area contributed by atoms with E-state index >= 15 is 0 Å². The number of hydrazine groups is 1. The normalized spacial score (nSPS) is 10.3. The van der Waals surface area contributed by atoms with Crippen LogP contribution in [0.3, 0.4) is 0 Å². The SMILES string of the molecule is NNc1ccnc(COCc2ccccc2F)c1. The summed E-state index contributed by atoms with van der Waals surface area (Å²) in [5.74, 6) is 5.03. The smallest absolute Gasteiger partial charge is 0.128 e. The first-order valence-corrected chi connectivity index (χ1v) is 5.52. The Morgan fingerprint density at radius 2 is 2.06 bits per heavy atom. The third-order valence-electron chi connectivity index (χ3n) is 2.45. The van der Waals surface area contributed by atoms with Crippen LogP contribution in [0.1, 0.15) is 11.3 Å². The van der Waals surface area contributed by atoms with E-state index in [0.29, 0.717) is 12.2 Å². The molecular weight excluding hydrogens is 233 g/mol. The lowest BCUT2D eigenvalue weighted by Gasteiger charge is -2.06. The van der Waals surface area contributed by atoms with E-state index < -0.39 is 0 Å². The van der Waals surface area contributed by atoms with Gasteiger partial charge in [-0.2, -0.15) is 0 Å². The van der Waals surface area contributed by atoms with Gasteiger partial charge in [-0.25, -0.2) is 4.39 Å². The molecule has 1 aromatic carbocycles. The van der Waals surface area contributed by atoms with Crippen LogP contribution in [0, 0.1) is 5.82 Å². The van der Waals surface area contributed by atoms with Crippen LogP contribution in [0.4, 0.5) is 10.1 Å². The molecule has 94 valence electrons. The molecule has 0 saturated carbocycles. The number of pyridine rings is 1. The predicted molar refractivity (Wildman–Crippen MR) is 66.9 cm³/mol. The molecule has 0 aliphatic carbocycles. The third kappa shape index (κ3) is 3.26. The number of aromatic nitrogens is 1. The number of benzene rings is 1. The van der Waals surface area contributed by atoms with Gasteiger partial charge < -0.3 is 10.2 Å². The van der Waals surface area contributed by atoms with Crippen LogP contribution < -0.4 is 11.3 Å². The highest BCUT2D eigenvalue weighted by atomic mass is 19.1. The number of hydrogen-bond donors (Lipinski definition) is 2. The average molecular weight is 247 g/mol. The number of nitrogens with one attached hydrogen (secondary N) is 1. The number of halogens is 1. The molecule has 4 nitrogen and oxygen atoms in total. The van der Waals surface area contributed by atoms with Gasteiger partial charge in [-0.05, 0) is 18.2 Å². The van der Waals surface area contributed by atoms with Crippen LogP contribution in [0.2, 0.25) is 0 Å². The van der Waals surface area contributed by atoms with Crippen molar-refractivity contribution in [2.24, 2.45) is 5.84 Å². The summed E-state index contributed by atoms with van der Waals surface area (Å²) in [6, 6.07) is 10.1. The molecule has 2 rings (SSSR count). The largest absolute Gasteiger partial charge is 0.370 e. The molecule has 0 aliphatic heterocycles. The number of nitrogens with zero attached hydrogens (tertiary/aromatic N) is 1. The minimum absolute atomic E-state index is 0.217. The van der Waals surface area contributed by atoms with E-state index in [4.69, 9.17) is 10.6 Å². The molecule has 0 bridgehead atoms. The number of nitrogen functional groups attached to an aromatic ring is 1. The molecule has 1 aromatic heterocycles. The van der Waals surface area contributed by atoms with E-state index in [2.05, 4.69) is 10.4 Å². The Balaban J connectivity index is 1.90. The number of hydrogen-bond acceptors (Lipinski definition) is 4. The van der Waals surface area contributed by atoms with Gasteiger partial charge in [-0.15, -0.1) is 0 Å². The number of anilines is 1. The fraction of sp³-hybridized carbons (Fsp3) is 0.154. The molecule has 0 radical (unpaired) electrons. The van der Waals surface area contributed by atoms with E-state index in [0.717, 1.165) is 11.4 Å². The minimum Gasteiger partial charge on any atom is -0.370 e. The summed E-state index contributed by atoms with van der Waals surface area (Å²) in [6.07, 6.45) is 1.64. The summed E-state index contributed by atoms with van der Waals surface area (Å²) >= 11 is 0. The zero-order valence-electron chi connectivity index (χ0n) is 9.77. The maximum atomic E-state index is 13.3. The molecule has 0 fully saturated rings. The first-order chi connectivity index (χ1) is 8.79. The van der Waals surface area contributed by atoms with Gasteiger partial charge in [0.15, 0.2) is 0 Å². The summed E-state index contributed by atoms with van der Waals surface area (Å²) in [5, 5.41) is 0. The fourth-order valence-electron chi connectivity index (χ4n) is 1.53. The Labute approximate surface area is 105 Å². The topological polar surface area (TPSA) is 60.2 Å². The lowest BCUT2D eigenvalue weighted by atomic mass is 10.2. The van der Waals surface area contributed by atoms with Gasteiger partial charge >= 0.3 is 0 Å². The molecule has 0 unspecified atom stereocenters. The van der Waals surface area contributed by atoms with Crippen molar-refractivity contribution in [3.63, 3.8) is 0 Å². The maximum absolute atomic E-state index is 13.3. The van der Waals surface area contributed by atoms with Crippen molar-refractivity contribution in [2.75, 3.05) is 5.43 Å². The summed E-state index contributed by atoms with van der Waals surface area (Å²) in [7, 11) is 0. The van der Waals surface area contributed by atoms with Crippen LogP contribution in [0.5, 0.6) is 0 Å². The van der Waals surface area contributed by atoms with Gasteiger partial charge in [0.05, 0.1) is 24.6 Å². The molecule has 0 spiro atoms. The maximum Gasteiger partial charge on any atom is 0.128 e. The monoisotopic (exact) mass is 247 g/mol. The van der Waals surface area contributed by atoms with E-state index in [9.17, 15) is 4.39 Å². The van der Waals surface area contributed by atoms with E-state index in [-0.39, 0.29) is 12.4 Å². The zero-order valence-corrected chi connectivity index (χ0v) is 9.77. The highest BCUT2D eigenvalue weighted by Crippen LogP contribution is 2.10. The Morgan fingerprint density at radius 3 is 2.83 bits per heavy atom. The molecule has 3 N–H and O–H groups in total. The first-order valence-electron chi connectivity index (χ1n) is 5.52. The summed E-state index contributed by atoms with van der Waals surface area (Å²) in [6.45, 7) is 0.526. The number of ether oxygens (including phenoxy) is 1. The van der Waals surface area contributed by atoms with E-state index in [1.807, 2.05) is 0 Å². The molecule has 5 heteroatoms. The Bertz CT molecular complexity index is 519. The second-order valence-corrected chi connectivity index (χ2v) is 3.76. The lowest BCUT2D eigenvalue weighted by Crippen LogP contribution is -2.07. The molecule has 0 amide bonds. The number of nitrogens with two attached hydrogens (primary N) is 1. The van der Waals surface area contributed by atoms with Crippen LogP contribution >= 0.6 is 0 Å². The second-order valence-electron chi connectivity index (χ2n) is 3.76. The summed E-state index contributed by atoms with van der Waals surface area (Å²) < 4.78 is 18.7. The molecule has 0 saturated heterocycles. The van der Waals surface area contributed by atoms with Gasteiger partial charge in [0, 0.05) is 11.8 Å². The second kappa shape index (κ2) is 6.09. The summed E-state index contributed by atoms with van der Waals surface area (Å²) in [5.41, 5.74) is 4.56.